The second-order valence-corrected chi connectivity index (χ2v) is 5.93. The van der Waals surface area contributed by atoms with Crippen LogP contribution >= 0.6 is 0 Å². The number of ether oxygens (including phenoxy) is 3. The molecule has 0 aliphatic heterocycles. The molecule has 3 aromatic rings. The number of carbonyl (C=O) groups excluding carboxylic acids is 1. The van der Waals surface area contributed by atoms with E-state index in [0.717, 1.165) is 5.56 Å². The molecular formula is C21H20FN3O4. The molecule has 150 valence electrons. The molecule has 0 aliphatic rings. The number of rotatable bonds is 8. The van der Waals surface area contributed by atoms with Crippen molar-refractivity contribution in [2.45, 2.75) is 0 Å². The van der Waals surface area contributed by atoms with Crippen LogP contribution in [0.2, 0.25) is 0 Å². The lowest BCUT2D eigenvalue weighted by atomic mass is 10.1. The molecule has 7 nitrogen and oxygen atoms in total. The van der Waals surface area contributed by atoms with Crippen LogP contribution in [0.15, 0.2) is 54.6 Å². The first kappa shape index (κ1) is 20.1. The van der Waals surface area contributed by atoms with E-state index in [4.69, 9.17) is 14.2 Å². The fourth-order valence-electron chi connectivity index (χ4n) is 2.57. The van der Waals surface area contributed by atoms with E-state index in [-0.39, 0.29) is 24.9 Å². The van der Waals surface area contributed by atoms with Gasteiger partial charge in [-0.25, -0.2) is 4.39 Å². The number of nitrogens with zero attached hydrogens (tertiary/aromatic N) is 2. The molecule has 1 amide bonds. The van der Waals surface area contributed by atoms with Gasteiger partial charge in [0.05, 0.1) is 32.0 Å². The summed E-state index contributed by atoms with van der Waals surface area (Å²) in [4.78, 5) is 12.3. The van der Waals surface area contributed by atoms with Crippen LogP contribution in [-0.2, 0) is 0 Å². The third-order valence-electron chi connectivity index (χ3n) is 4.07. The zero-order valence-corrected chi connectivity index (χ0v) is 16.0. The summed E-state index contributed by atoms with van der Waals surface area (Å²) in [5.41, 5.74) is 1.76. The van der Waals surface area contributed by atoms with Crippen molar-refractivity contribution < 1.29 is 23.4 Å². The van der Waals surface area contributed by atoms with Gasteiger partial charge in [0, 0.05) is 17.7 Å². The first-order valence-electron chi connectivity index (χ1n) is 8.83. The number of benzene rings is 2. The van der Waals surface area contributed by atoms with Crippen molar-refractivity contribution in [2.75, 3.05) is 27.4 Å². The van der Waals surface area contributed by atoms with Crippen LogP contribution in [0.1, 0.15) is 10.4 Å². The molecule has 0 spiro atoms. The van der Waals surface area contributed by atoms with Crippen molar-refractivity contribution in [3.05, 3.63) is 66.0 Å². The minimum absolute atomic E-state index is 0.217. The summed E-state index contributed by atoms with van der Waals surface area (Å²) in [7, 11) is 3.03. The highest BCUT2D eigenvalue weighted by molar-refractivity contribution is 5.97. The van der Waals surface area contributed by atoms with Gasteiger partial charge >= 0.3 is 0 Å². The third-order valence-corrected chi connectivity index (χ3v) is 4.07. The van der Waals surface area contributed by atoms with E-state index in [9.17, 15) is 9.18 Å². The van der Waals surface area contributed by atoms with Crippen LogP contribution in [-0.4, -0.2) is 43.5 Å². The van der Waals surface area contributed by atoms with Gasteiger partial charge in [-0.3, -0.25) is 4.79 Å². The van der Waals surface area contributed by atoms with Crippen LogP contribution < -0.4 is 19.5 Å². The average molecular weight is 397 g/mol. The lowest BCUT2D eigenvalue weighted by molar-refractivity contribution is 0.0943. The molecule has 8 heteroatoms. The highest BCUT2D eigenvalue weighted by Crippen LogP contribution is 2.24. The summed E-state index contributed by atoms with van der Waals surface area (Å²) >= 11 is 0. The summed E-state index contributed by atoms with van der Waals surface area (Å²) in [5, 5.41) is 10.8. The quantitative estimate of drug-likeness (QED) is 0.588. The van der Waals surface area contributed by atoms with E-state index in [2.05, 4.69) is 15.5 Å². The number of hydrogen-bond donors (Lipinski definition) is 1. The smallest absolute Gasteiger partial charge is 0.255 e. The number of aromatic nitrogens is 2. The number of methoxy groups -OCH3 is 2. The van der Waals surface area contributed by atoms with Crippen LogP contribution in [0.5, 0.6) is 17.4 Å². The SMILES string of the molecule is COc1ccc(C(=O)NCCOc2ccc(-c3ccc(F)cc3)nn2)c(OC)c1. The zero-order chi connectivity index (χ0) is 20.6. The maximum Gasteiger partial charge on any atom is 0.255 e. The van der Waals surface area contributed by atoms with E-state index in [1.54, 1.807) is 49.6 Å². The number of carbonyl (C=O) groups is 1. The third kappa shape index (κ3) is 5.19. The van der Waals surface area contributed by atoms with Gasteiger partial charge in [-0.15, -0.1) is 10.2 Å². The first-order valence-corrected chi connectivity index (χ1v) is 8.83. The van der Waals surface area contributed by atoms with E-state index in [0.29, 0.717) is 28.6 Å². The average Bonchev–Trinajstić information content (AvgIpc) is 2.77. The second kappa shape index (κ2) is 9.50. The maximum absolute atomic E-state index is 13.0. The Labute approximate surface area is 167 Å². The summed E-state index contributed by atoms with van der Waals surface area (Å²) in [5.74, 6) is 0.753. The van der Waals surface area contributed by atoms with Crippen molar-refractivity contribution in [3.8, 4) is 28.6 Å². The highest BCUT2D eigenvalue weighted by Gasteiger charge is 2.13. The Morgan fingerprint density at radius 3 is 2.45 bits per heavy atom. The molecule has 0 atom stereocenters. The molecule has 2 aromatic carbocycles. The van der Waals surface area contributed by atoms with Crippen LogP contribution in [0, 0.1) is 5.82 Å². The summed E-state index contributed by atoms with van der Waals surface area (Å²) in [6, 6.07) is 14.3. The number of amides is 1. The van der Waals surface area contributed by atoms with Gasteiger partial charge in [0.1, 0.15) is 23.9 Å². The first-order chi connectivity index (χ1) is 14.1. The van der Waals surface area contributed by atoms with Gasteiger partial charge in [-0.05, 0) is 42.5 Å². The minimum atomic E-state index is -0.309. The van der Waals surface area contributed by atoms with E-state index >= 15 is 0 Å². The Hall–Kier alpha value is -3.68. The highest BCUT2D eigenvalue weighted by atomic mass is 19.1. The predicted molar refractivity (Wildman–Crippen MR) is 105 cm³/mol. The second-order valence-electron chi connectivity index (χ2n) is 5.93. The monoisotopic (exact) mass is 397 g/mol. The summed E-state index contributed by atoms with van der Waals surface area (Å²) in [6.45, 7) is 0.490. The topological polar surface area (TPSA) is 82.6 Å². The predicted octanol–water partition coefficient (Wildman–Crippen LogP) is 3.11. The molecular weight excluding hydrogens is 377 g/mol. The number of halogens is 1. The molecule has 1 heterocycles. The lowest BCUT2D eigenvalue weighted by Gasteiger charge is -2.11. The van der Waals surface area contributed by atoms with Gasteiger partial charge < -0.3 is 19.5 Å². The fourth-order valence-corrected chi connectivity index (χ4v) is 2.57. The van der Waals surface area contributed by atoms with Gasteiger partial charge in [-0.1, -0.05) is 0 Å². The summed E-state index contributed by atoms with van der Waals surface area (Å²) < 4.78 is 28.8. The van der Waals surface area contributed by atoms with Crippen LogP contribution in [0.4, 0.5) is 4.39 Å². The standard InChI is InChI=1S/C21H20FN3O4/c1-27-16-7-8-17(19(13-16)28-2)21(26)23-11-12-29-20-10-9-18(24-25-20)14-3-5-15(22)6-4-14/h3-10,13H,11-12H2,1-2H3,(H,23,26). The molecule has 0 unspecified atom stereocenters. The Bertz CT molecular complexity index is 963. The van der Waals surface area contributed by atoms with Gasteiger partial charge in [0.15, 0.2) is 0 Å². The van der Waals surface area contributed by atoms with Crippen molar-refractivity contribution in [2.24, 2.45) is 0 Å². The summed E-state index contributed by atoms with van der Waals surface area (Å²) in [6.07, 6.45) is 0. The van der Waals surface area contributed by atoms with Crippen LogP contribution in [0.3, 0.4) is 0 Å². The van der Waals surface area contributed by atoms with Crippen LogP contribution in [0.25, 0.3) is 11.3 Å². The Kier molecular flexibility index (Phi) is 6.57. The molecule has 0 aliphatic carbocycles. The largest absolute Gasteiger partial charge is 0.497 e. The molecule has 3 rings (SSSR count). The van der Waals surface area contributed by atoms with Crippen molar-refractivity contribution in [1.29, 1.82) is 0 Å². The Balaban J connectivity index is 1.50. The normalized spacial score (nSPS) is 10.3. The van der Waals surface area contributed by atoms with Gasteiger partial charge in [0.25, 0.3) is 5.91 Å². The maximum atomic E-state index is 13.0. The molecule has 1 N–H and O–H groups in total. The molecule has 0 fully saturated rings. The van der Waals surface area contributed by atoms with Gasteiger partial charge in [0.2, 0.25) is 5.88 Å². The fraction of sp³-hybridized carbons (Fsp3) is 0.190. The molecule has 0 radical (unpaired) electrons. The number of hydrogen-bond acceptors (Lipinski definition) is 6. The van der Waals surface area contributed by atoms with E-state index in [1.165, 1.54) is 19.2 Å². The molecule has 29 heavy (non-hydrogen) atoms. The van der Waals surface area contributed by atoms with Crippen molar-refractivity contribution in [1.82, 2.24) is 15.5 Å². The van der Waals surface area contributed by atoms with Crippen molar-refractivity contribution in [3.63, 3.8) is 0 Å². The Morgan fingerprint density at radius 1 is 1.00 bits per heavy atom. The molecule has 1 aromatic heterocycles. The molecule has 0 bridgehead atoms. The zero-order valence-electron chi connectivity index (χ0n) is 16.0. The Morgan fingerprint density at radius 2 is 1.79 bits per heavy atom. The number of nitrogens with one attached hydrogen (secondary N) is 1. The minimum Gasteiger partial charge on any atom is -0.497 e. The van der Waals surface area contributed by atoms with Crippen molar-refractivity contribution >= 4 is 5.91 Å². The lowest BCUT2D eigenvalue weighted by Crippen LogP contribution is -2.28. The van der Waals surface area contributed by atoms with E-state index < -0.39 is 0 Å². The molecule has 0 saturated carbocycles. The van der Waals surface area contributed by atoms with E-state index in [1.807, 2.05) is 0 Å². The van der Waals surface area contributed by atoms with Gasteiger partial charge in [-0.2, -0.15) is 0 Å². The molecule has 0 saturated heterocycles.